The zero-order valence-electron chi connectivity index (χ0n) is 11.2. The number of aliphatic hydroxyl groups excluding tert-OH is 1. The molecule has 1 aliphatic heterocycles. The molecule has 2 unspecified atom stereocenters. The standard InChI is InChI=1S/C13H18BrN3O3/c1-8-7-20-10(6-18)5-17(8)12-3-2-9(14)4-11(12)13(15)16-19/h2-4,8,10,18-19H,5-7H2,1H3,(H2,15,16). The van der Waals surface area contributed by atoms with Crippen LogP contribution < -0.4 is 10.6 Å². The fraction of sp³-hybridized carbons (Fsp3) is 0.462. The Morgan fingerprint density at radius 2 is 2.35 bits per heavy atom. The fourth-order valence-corrected chi connectivity index (χ4v) is 2.64. The minimum Gasteiger partial charge on any atom is -0.409 e. The third-order valence-corrected chi connectivity index (χ3v) is 3.85. The Morgan fingerprint density at radius 3 is 3.00 bits per heavy atom. The molecule has 1 aromatic carbocycles. The molecule has 0 bridgehead atoms. The van der Waals surface area contributed by atoms with Crippen LogP contribution in [-0.4, -0.2) is 48.1 Å². The lowest BCUT2D eigenvalue weighted by Gasteiger charge is -2.40. The topological polar surface area (TPSA) is 91.3 Å². The molecule has 2 rings (SSSR count). The molecular weight excluding hydrogens is 326 g/mol. The molecule has 1 fully saturated rings. The third kappa shape index (κ3) is 3.05. The molecule has 110 valence electrons. The molecule has 2 atom stereocenters. The fourth-order valence-electron chi connectivity index (χ4n) is 2.28. The molecular formula is C13H18BrN3O3. The van der Waals surface area contributed by atoms with Crippen molar-refractivity contribution in [3.05, 3.63) is 28.2 Å². The number of aliphatic hydroxyl groups is 1. The molecule has 1 aromatic rings. The lowest BCUT2D eigenvalue weighted by molar-refractivity contribution is -0.0103. The van der Waals surface area contributed by atoms with E-state index in [0.717, 1.165) is 10.2 Å². The van der Waals surface area contributed by atoms with E-state index in [4.69, 9.17) is 15.7 Å². The summed E-state index contributed by atoms with van der Waals surface area (Å²) in [6.45, 7) is 3.09. The van der Waals surface area contributed by atoms with E-state index < -0.39 is 0 Å². The SMILES string of the molecule is CC1COC(CO)CN1c1ccc(Br)cc1/C(N)=N/O. The van der Waals surface area contributed by atoms with Crippen molar-refractivity contribution in [2.45, 2.75) is 19.1 Å². The van der Waals surface area contributed by atoms with Gasteiger partial charge in [0, 0.05) is 28.3 Å². The summed E-state index contributed by atoms with van der Waals surface area (Å²) in [5.41, 5.74) is 7.26. The first-order valence-corrected chi connectivity index (χ1v) is 7.12. The van der Waals surface area contributed by atoms with Gasteiger partial charge in [-0.05, 0) is 25.1 Å². The Labute approximate surface area is 125 Å². The molecule has 0 aliphatic carbocycles. The normalized spacial score (nSPS) is 23.9. The van der Waals surface area contributed by atoms with Crippen LogP contribution >= 0.6 is 15.9 Å². The molecule has 1 heterocycles. The molecule has 0 amide bonds. The van der Waals surface area contributed by atoms with Gasteiger partial charge in [0.15, 0.2) is 5.84 Å². The molecule has 6 nitrogen and oxygen atoms in total. The maximum absolute atomic E-state index is 9.26. The van der Waals surface area contributed by atoms with Crippen LogP contribution in [0, 0.1) is 0 Å². The molecule has 0 radical (unpaired) electrons. The summed E-state index contributed by atoms with van der Waals surface area (Å²) in [7, 11) is 0. The number of nitrogens with two attached hydrogens (primary N) is 1. The number of halogens is 1. The number of rotatable bonds is 3. The van der Waals surface area contributed by atoms with Crippen LogP contribution in [0.5, 0.6) is 0 Å². The summed E-state index contributed by atoms with van der Waals surface area (Å²) in [6, 6.07) is 5.76. The molecule has 0 spiro atoms. The van der Waals surface area contributed by atoms with Crippen molar-refractivity contribution >= 4 is 27.5 Å². The van der Waals surface area contributed by atoms with Crippen LogP contribution in [0.1, 0.15) is 12.5 Å². The van der Waals surface area contributed by atoms with E-state index in [2.05, 4.69) is 26.0 Å². The summed E-state index contributed by atoms with van der Waals surface area (Å²) in [5.74, 6) is 0.0561. The zero-order valence-corrected chi connectivity index (χ0v) is 12.7. The minimum absolute atomic E-state index is 0.0291. The predicted molar refractivity (Wildman–Crippen MR) is 80.3 cm³/mol. The number of amidine groups is 1. The van der Waals surface area contributed by atoms with E-state index in [1.807, 2.05) is 19.1 Å². The van der Waals surface area contributed by atoms with Gasteiger partial charge in [-0.15, -0.1) is 0 Å². The van der Waals surface area contributed by atoms with E-state index in [1.54, 1.807) is 6.07 Å². The molecule has 1 saturated heterocycles. The van der Waals surface area contributed by atoms with E-state index in [0.29, 0.717) is 18.7 Å². The highest BCUT2D eigenvalue weighted by Gasteiger charge is 2.28. The second-order valence-corrected chi connectivity index (χ2v) is 5.70. The lowest BCUT2D eigenvalue weighted by atomic mass is 10.1. The monoisotopic (exact) mass is 343 g/mol. The maximum atomic E-state index is 9.26. The Bertz CT molecular complexity index is 510. The van der Waals surface area contributed by atoms with Crippen LogP contribution in [0.15, 0.2) is 27.8 Å². The van der Waals surface area contributed by atoms with Crippen molar-refractivity contribution < 1.29 is 15.1 Å². The van der Waals surface area contributed by atoms with Crippen molar-refractivity contribution in [3.63, 3.8) is 0 Å². The van der Waals surface area contributed by atoms with Crippen molar-refractivity contribution in [2.24, 2.45) is 10.9 Å². The van der Waals surface area contributed by atoms with Gasteiger partial charge in [0.05, 0.1) is 19.3 Å². The van der Waals surface area contributed by atoms with Crippen molar-refractivity contribution in [3.8, 4) is 0 Å². The highest BCUT2D eigenvalue weighted by atomic mass is 79.9. The molecule has 0 aromatic heterocycles. The number of morpholine rings is 1. The average molecular weight is 344 g/mol. The highest BCUT2D eigenvalue weighted by Crippen LogP contribution is 2.28. The Hall–Kier alpha value is -1.31. The summed E-state index contributed by atoms with van der Waals surface area (Å²) in [6.07, 6.45) is -0.227. The van der Waals surface area contributed by atoms with Crippen LogP contribution in [0.3, 0.4) is 0 Å². The van der Waals surface area contributed by atoms with Crippen LogP contribution in [0.2, 0.25) is 0 Å². The van der Waals surface area contributed by atoms with E-state index in [9.17, 15) is 5.11 Å². The smallest absolute Gasteiger partial charge is 0.172 e. The Kier molecular flexibility index (Phi) is 4.85. The molecule has 7 heteroatoms. The highest BCUT2D eigenvalue weighted by molar-refractivity contribution is 9.10. The van der Waals surface area contributed by atoms with Gasteiger partial charge in [0.1, 0.15) is 0 Å². The average Bonchev–Trinajstić information content (AvgIpc) is 2.47. The van der Waals surface area contributed by atoms with Gasteiger partial charge >= 0.3 is 0 Å². The van der Waals surface area contributed by atoms with Crippen LogP contribution in [-0.2, 0) is 4.74 Å². The predicted octanol–water partition coefficient (Wildman–Crippen LogP) is 1.13. The number of nitrogens with zero attached hydrogens (tertiary/aromatic N) is 2. The number of oxime groups is 1. The molecule has 4 N–H and O–H groups in total. The second-order valence-electron chi connectivity index (χ2n) is 4.79. The quantitative estimate of drug-likeness (QED) is 0.331. The van der Waals surface area contributed by atoms with Gasteiger partial charge in [-0.1, -0.05) is 21.1 Å². The van der Waals surface area contributed by atoms with Gasteiger partial charge in [-0.2, -0.15) is 0 Å². The third-order valence-electron chi connectivity index (χ3n) is 3.36. The van der Waals surface area contributed by atoms with Crippen LogP contribution in [0.4, 0.5) is 5.69 Å². The minimum atomic E-state index is -0.227. The largest absolute Gasteiger partial charge is 0.409 e. The maximum Gasteiger partial charge on any atom is 0.172 e. The van der Waals surface area contributed by atoms with Gasteiger partial charge < -0.3 is 25.7 Å². The summed E-state index contributed by atoms with van der Waals surface area (Å²) < 4.78 is 6.38. The molecule has 0 saturated carbocycles. The Balaban J connectivity index is 2.40. The summed E-state index contributed by atoms with van der Waals surface area (Å²) in [5, 5.41) is 21.3. The van der Waals surface area contributed by atoms with Crippen molar-refractivity contribution in [1.29, 1.82) is 0 Å². The first kappa shape index (κ1) is 15.1. The number of hydrogen-bond acceptors (Lipinski definition) is 5. The number of ether oxygens (including phenoxy) is 1. The van der Waals surface area contributed by atoms with Crippen molar-refractivity contribution in [2.75, 3.05) is 24.7 Å². The zero-order chi connectivity index (χ0) is 14.7. The summed E-state index contributed by atoms with van der Waals surface area (Å²) in [4.78, 5) is 2.10. The molecule has 1 aliphatic rings. The van der Waals surface area contributed by atoms with Crippen LogP contribution in [0.25, 0.3) is 0 Å². The first-order chi connectivity index (χ1) is 9.56. The van der Waals surface area contributed by atoms with Crippen molar-refractivity contribution in [1.82, 2.24) is 0 Å². The lowest BCUT2D eigenvalue weighted by Crippen LogP contribution is -2.50. The first-order valence-electron chi connectivity index (χ1n) is 6.33. The van der Waals surface area contributed by atoms with Gasteiger partial charge in [-0.25, -0.2) is 0 Å². The summed E-state index contributed by atoms with van der Waals surface area (Å²) >= 11 is 3.38. The number of anilines is 1. The van der Waals surface area contributed by atoms with Gasteiger partial charge in [-0.3, -0.25) is 0 Å². The Morgan fingerprint density at radius 1 is 1.60 bits per heavy atom. The van der Waals surface area contributed by atoms with Gasteiger partial charge in [0.25, 0.3) is 0 Å². The second kappa shape index (κ2) is 6.43. The van der Waals surface area contributed by atoms with E-state index in [1.165, 1.54) is 0 Å². The van der Waals surface area contributed by atoms with E-state index in [-0.39, 0.29) is 24.6 Å². The molecule has 20 heavy (non-hydrogen) atoms. The van der Waals surface area contributed by atoms with Gasteiger partial charge in [0.2, 0.25) is 0 Å². The van der Waals surface area contributed by atoms with E-state index >= 15 is 0 Å². The number of benzene rings is 1. The number of hydrogen-bond donors (Lipinski definition) is 3.